The van der Waals surface area contributed by atoms with Crippen LogP contribution in [0.1, 0.15) is 27.2 Å². The molecule has 0 spiro atoms. The number of nitrogens with zero attached hydrogens (tertiary/aromatic N) is 1. The van der Waals surface area contributed by atoms with Gasteiger partial charge < -0.3 is 11.1 Å². The van der Waals surface area contributed by atoms with E-state index in [1.807, 2.05) is 6.92 Å². The molecule has 15 heavy (non-hydrogen) atoms. The van der Waals surface area contributed by atoms with E-state index in [0.29, 0.717) is 12.5 Å². The lowest BCUT2D eigenvalue weighted by molar-refractivity contribution is -0.125. The molecule has 0 aliphatic carbocycles. The molecule has 0 aromatic heterocycles. The van der Waals surface area contributed by atoms with Gasteiger partial charge in [0.2, 0.25) is 5.91 Å². The first-order chi connectivity index (χ1) is 7.04. The molecule has 0 unspecified atom stereocenters. The van der Waals surface area contributed by atoms with Crippen molar-refractivity contribution in [3.63, 3.8) is 0 Å². The van der Waals surface area contributed by atoms with Crippen LogP contribution >= 0.6 is 0 Å². The van der Waals surface area contributed by atoms with Crippen LogP contribution in [0.3, 0.4) is 0 Å². The summed E-state index contributed by atoms with van der Waals surface area (Å²) < 4.78 is 0. The topological polar surface area (TPSA) is 58.4 Å². The van der Waals surface area contributed by atoms with Crippen molar-refractivity contribution in [2.75, 3.05) is 19.6 Å². The van der Waals surface area contributed by atoms with Crippen molar-refractivity contribution in [1.82, 2.24) is 10.2 Å². The van der Waals surface area contributed by atoms with Crippen LogP contribution in [0.15, 0.2) is 0 Å². The standard InChI is InChI=1S/C11H23N3O/c1-4-13-11(15)10-5-9(12)7-14(10)6-8(2)3/h8-10H,4-7,12H2,1-3H3,(H,13,15)/t9-,10+/m1/s1. The second-order valence-electron chi connectivity index (χ2n) is 4.75. The minimum Gasteiger partial charge on any atom is -0.355 e. The number of rotatable bonds is 4. The highest BCUT2D eigenvalue weighted by Crippen LogP contribution is 2.18. The maximum atomic E-state index is 11.8. The Bertz CT molecular complexity index is 218. The summed E-state index contributed by atoms with van der Waals surface area (Å²) in [5, 5.41) is 2.88. The fraction of sp³-hybridized carbons (Fsp3) is 0.909. The zero-order valence-corrected chi connectivity index (χ0v) is 9.99. The molecule has 2 atom stereocenters. The number of carbonyl (C=O) groups excluding carboxylic acids is 1. The van der Waals surface area contributed by atoms with E-state index in [1.54, 1.807) is 0 Å². The minimum atomic E-state index is -0.0117. The quantitative estimate of drug-likeness (QED) is 0.700. The Morgan fingerprint density at radius 2 is 2.27 bits per heavy atom. The molecule has 4 nitrogen and oxygen atoms in total. The molecule has 1 amide bonds. The van der Waals surface area contributed by atoms with Gasteiger partial charge in [-0.05, 0) is 19.3 Å². The molecule has 3 N–H and O–H groups in total. The number of hydrogen-bond donors (Lipinski definition) is 2. The van der Waals surface area contributed by atoms with Gasteiger partial charge in [-0.25, -0.2) is 0 Å². The van der Waals surface area contributed by atoms with E-state index in [2.05, 4.69) is 24.1 Å². The van der Waals surface area contributed by atoms with E-state index < -0.39 is 0 Å². The summed E-state index contributed by atoms with van der Waals surface area (Å²) in [6.07, 6.45) is 0.790. The van der Waals surface area contributed by atoms with Gasteiger partial charge >= 0.3 is 0 Å². The lowest BCUT2D eigenvalue weighted by Gasteiger charge is -2.24. The molecule has 0 saturated carbocycles. The van der Waals surface area contributed by atoms with Crippen molar-refractivity contribution in [2.24, 2.45) is 11.7 Å². The Labute approximate surface area is 92.2 Å². The van der Waals surface area contributed by atoms with Crippen molar-refractivity contribution in [3.05, 3.63) is 0 Å². The molecule has 0 radical (unpaired) electrons. The molecule has 1 aliphatic rings. The van der Waals surface area contributed by atoms with Gasteiger partial charge in [-0.1, -0.05) is 13.8 Å². The highest BCUT2D eigenvalue weighted by molar-refractivity contribution is 5.82. The van der Waals surface area contributed by atoms with Gasteiger partial charge in [0, 0.05) is 25.7 Å². The third-order valence-corrected chi connectivity index (χ3v) is 2.69. The first kappa shape index (κ1) is 12.5. The summed E-state index contributed by atoms with van der Waals surface area (Å²) in [5.41, 5.74) is 5.90. The molecule has 1 rings (SSSR count). The van der Waals surface area contributed by atoms with Gasteiger partial charge in [-0.3, -0.25) is 9.69 Å². The molecular weight excluding hydrogens is 190 g/mol. The normalized spacial score (nSPS) is 27.3. The zero-order chi connectivity index (χ0) is 11.4. The van der Waals surface area contributed by atoms with E-state index in [-0.39, 0.29) is 18.0 Å². The first-order valence-corrected chi connectivity index (χ1v) is 5.82. The molecule has 1 aliphatic heterocycles. The molecule has 1 saturated heterocycles. The zero-order valence-electron chi connectivity index (χ0n) is 9.99. The Kier molecular flexibility index (Phi) is 4.54. The van der Waals surface area contributed by atoms with E-state index in [4.69, 9.17) is 5.73 Å². The van der Waals surface area contributed by atoms with Crippen molar-refractivity contribution >= 4 is 5.91 Å². The molecule has 4 heteroatoms. The molecular formula is C11H23N3O. The van der Waals surface area contributed by atoms with Crippen molar-refractivity contribution in [1.29, 1.82) is 0 Å². The SMILES string of the molecule is CCNC(=O)[C@@H]1C[C@@H](N)CN1CC(C)C. The summed E-state index contributed by atoms with van der Waals surface area (Å²) >= 11 is 0. The van der Waals surface area contributed by atoms with Crippen molar-refractivity contribution in [2.45, 2.75) is 39.3 Å². The van der Waals surface area contributed by atoms with Gasteiger partial charge in [-0.15, -0.1) is 0 Å². The Hall–Kier alpha value is -0.610. The summed E-state index contributed by atoms with van der Waals surface area (Å²) in [7, 11) is 0. The smallest absolute Gasteiger partial charge is 0.237 e. The number of likely N-dealkylation sites (N-methyl/N-ethyl adjacent to an activating group) is 1. The molecule has 0 aromatic carbocycles. The van der Waals surface area contributed by atoms with Gasteiger partial charge in [0.05, 0.1) is 6.04 Å². The first-order valence-electron chi connectivity index (χ1n) is 5.82. The molecule has 0 aromatic rings. The number of hydrogen-bond acceptors (Lipinski definition) is 3. The van der Waals surface area contributed by atoms with Gasteiger partial charge in [0.25, 0.3) is 0 Å². The Balaban J connectivity index is 2.56. The fourth-order valence-corrected chi connectivity index (χ4v) is 2.17. The summed E-state index contributed by atoms with van der Waals surface area (Å²) in [6.45, 7) is 8.77. The van der Waals surface area contributed by atoms with E-state index in [0.717, 1.165) is 19.5 Å². The molecule has 88 valence electrons. The highest BCUT2D eigenvalue weighted by Gasteiger charge is 2.34. The van der Waals surface area contributed by atoms with Gasteiger partial charge in [0.1, 0.15) is 0 Å². The van der Waals surface area contributed by atoms with Crippen molar-refractivity contribution < 1.29 is 4.79 Å². The number of nitrogens with two attached hydrogens (primary N) is 1. The average molecular weight is 213 g/mol. The van der Waals surface area contributed by atoms with Gasteiger partial charge in [-0.2, -0.15) is 0 Å². The molecule has 0 bridgehead atoms. The lowest BCUT2D eigenvalue weighted by atomic mass is 10.1. The summed E-state index contributed by atoms with van der Waals surface area (Å²) in [6, 6.07) is 0.138. The van der Waals surface area contributed by atoms with Crippen LogP contribution in [-0.2, 0) is 4.79 Å². The Morgan fingerprint density at radius 1 is 1.60 bits per heavy atom. The predicted octanol–water partition coefficient (Wildman–Crippen LogP) is 0.180. The maximum Gasteiger partial charge on any atom is 0.237 e. The van der Waals surface area contributed by atoms with Crippen LogP contribution in [0.2, 0.25) is 0 Å². The third kappa shape index (κ3) is 3.47. The number of likely N-dealkylation sites (tertiary alicyclic amines) is 1. The third-order valence-electron chi connectivity index (χ3n) is 2.69. The van der Waals surface area contributed by atoms with E-state index >= 15 is 0 Å². The van der Waals surface area contributed by atoms with Crippen LogP contribution < -0.4 is 11.1 Å². The Morgan fingerprint density at radius 3 is 2.80 bits per heavy atom. The summed E-state index contributed by atoms with van der Waals surface area (Å²) in [5.74, 6) is 0.707. The second kappa shape index (κ2) is 5.47. The highest BCUT2D eigenvalue weighted by atomic mass is 16.2. The second-order valence-corrected chi connectivity index (χ2v) is 4.75. The van der Waals surface area contributed by atoms with E-state index in [1.165, 1.54) is 0 Å². The van der Waals surface area contributed by atoms with Crippen LogP contribution in [0, 0.1) is 5.92 Å². The minimum absolute atomic E-state index is 0.0117. The average Bonchev–Trinajstić information content (AvgIpc) is 2.46. The number of amides is 1. The van der Waals surface area contributed by atoms with Crippen LogP contribution in [-0.4, -0.2) is 42.5 Å². The number of carbonyl (C=O) groups is 1. The summed E-state index contributed by atoms with van der Waals surface area (Å²) in [4.78, 5) is 14.0. The van der Waals surface area contributed by atoms with Crippen LogP contribution in [0.25, 0.3) is 0 Å². The molecule has 1 fully saturated rings. The lowest BCUT2D eigenvalue weighted by Crippen LogP contribution is -2.44. The fourth-order valence-electron chi connectivity index (χ4n) is 2.17. The molecule has 1 heterocycles. The van der Waals surface area contributed by atoms with Gasteiger partial charge in [0.15, 0.2) is 0 Å². The van der Waals surface area contributed by atoms with E-state index in [9.17, 15) is 4.79 Å². The van der Waals surface area contributed by atoms with Crippen LogP contribution in [0.5, 0.6) is 0 Å². The van der Waals surface area contributed by atoms with Crippen LogP contribution in [0.4, 0.5) is 0 Å². The van der Waals surface area contributed by atoms with Crippen molar-refractivity contribution in [3.8, 4) is 0 Å². The predicted molar refractivity (Wildman–Crippen MR) is 61.5 cm³/mol. The maximum absolute atomic E-state index is 11.8. The monoisotopic (exact) mass is 213 g/mol. The number of nitrogens with one attached hydrogen (secondary N) is 1. The largest absolute Gasteiger partial charge is 0.355 e.